The highest BCUT2D eigenvalue weighted by Gasteiger charge is 2.44. The number of carboxylic acid groups (broad SMARTS) is 1. The van der Waals surface area contributed by atoms with Crippen LogP contribution >= 0.6 is 0 Å². The van der Waals surface area contributed by atoms with Gasteiger partial charge in [0.2, 0.25) is 0 Å². The zero-order valence-electron chi connectivity index (χ0n) is 11.1. The average molecular weight is 311 g/mol. The van der Waals surface area contributed by atoms with Crippen LogP contribution in [0.5, 0.6) is 0 Å². The van der Waals surface area contributed by atoms with E-state index in [4.69, 9.17) is 15.6 Å². The number of nitrogen functional groups attached to an aromatic ring is 1. The van der Waals surface area contributed by atoms with Crippen LogP contribution in [0.2, 0.25) is 0 Å². The van der Waals surface area contributed by atoms with Crippen molar-refractivity contribution in [3.63, 3.8) is 0 Å². The Labute approximate surface area is 122 Å². The third-order valence-corrected chi connectivity index (χ3v) is 3.37. The lowest BCUT2D eigenvalue weighted by atomic mass is 10.1. The van der Waals surface area contributed by atoms with Crippen molar-refractivity contribution in [2.45, 2.75) is 24.5 Å². The van der Waals surface area contributed by atoms with Gasteiger partial charge in [-0.3, -0.25) is 4.57 Å². The molecule has 11 nitrogen and oxygen atoms in total. The van der Waals surface area contributed by atoms with Crippen molar-refractivity contribution >= 4 is 23.1 Å². The maximum Gasteiger partial charge on any atom is 0.505 e. The number of imidazole rings is 1. The summed E-state index contributed by atoms with van der Waals surface area (Å²) in [6.45, 7) is -0.409. The Balaban J connectivity index is 1.87. The standard InChI is InChI=1S/C11H13N5O6/c12-8-5-9(14-2-13-8)16(3-15-5)10-7(18)6(17)4(22-10)1-21-11(19)20/h2-4,6-7,10,17-18H,1H2,(H,19,20)(H2,12,13,14)/t4-,6?,7?,10-/m1/s1. The second kappa shape index (κ2) is 5.36. The quantitative estimate of drug-likeness (QED) is 0.501. The molecule has 2 unspecified atom stereocenters. The van der Waals surface area contributed by atoms with E-state index in [0.29, 0.717) is 11.2 Å². The van der Waals surface area contributed by atoms with E-state index in [1.54, 1.807) is 0 Å². The van der Waals surface area contributed by atoms with Gasteiger partial charge in [-0.15, -0.1) is 0 Å². The van der Waals surface area contributed by atoms with Gasteiger partial charge in [0.05, 0.1) is 6.33 Å². The van der Waals surface area contributed by atoms with Gasteiger partial charge in [0.25, 0.3) is 0 Å². The predicted octanol–water partition coefficient (Wildman–Crippen LogP) is -1.28. The lowest BCUT2D eigenvalue weighted by Gasteiger charge is -2.16. The molecule has 3 heterocycles. The Bertz CT molecular complexity index is 705. The summed E-state index contributed by atoms with van der Waals surface area (Å²) in [6, 6.07) is 0. The van der Waals surface area contributed by atoms with Crippen LogP contribution < -0.4 is 5.73 Å². The number of aliphatic hydroxyl groups excluding tert-OH is 2. The van der Waals surface area contributed by atoms with Crippen molar-refractivity contribution in [2.24, 2.45) is 0 Å². The zero-order chi connectivity index (χ0) is 15.9. The number of hydrogen-bond acceptors (Lipinski definition) is 9. The second-order valence-electron chi connectivity index (χ2n) is 4.71. The minimum atomic E-state index is -1.50. The van der Waals surface area contributed by atoms with Gasteiger partial charge in [-0.2, -0.15) is 0 Å². The predicted molar refractivity (Wildman–Crippen MR) is 69.6 cm³/mol. The number of nitrogens with zero attached hydrogens (tertiary/aromatic N) is 4. The summed E-state index contributed by atoms with van der Waals surface area (Å²) in [7, 11) is 0. The first kappa shape index (κ1) is 14.4. The van der Waals surface area contributed by atoms with Crippen LogP contribution in [0.25, 0.3) is 11.2 Å². The number of ether oxygens (including phenoxy) is 2. The molecule has 0 aromatic carbocycles. The van der Waals surface area contributed by atoms with Crippen molar-refractivity contribution in [1.82, 2.24) is 19.5 Å². The molecule has 1 fully saturated rings. The van der Waals surface area contributed by atoms with Gasteiger partial charge in [0, 0.05) is 0 Å². The van der Waals surface area contributed by atoms with Gasteiger partial charge in [-0.25, -0.2) is 19.7 Å². The molecule has 1 aliphatic rings. The van der Waals surface area contributed by atoms with E-state index in [9.17, 15) is 15.0 Å². The minimum absolute atomic E-state index is 0.169. The second-order valence-corrected chi connectivity index (χ2v) is 4.71. The molecular formula is C11H13N5O6. The van der Waals surface area contributed by atoms with Crippen LogP contribution in [0.1, 0.15) is 6.23 Å². The molecule has 0 radical (unpaired) electrons. The Morgan fingerprint density at radius 2 is 2.14 bits per heavy atom. The van der Waals surface area contributed by atoms with E-state index in [0.717, 1.165) is 0 Å². The molecule has 3 rings (SSSR count). The van der Waals surface area contributed by atoms with E-state index in [1.165, 1.54) is 17.2 Å². The monoisotopic (exact) mass is 311 g/mol. The first-order valence-corrected chi connectivity index (χ1v) is 6.29. The number of carbonyl (C=O) groups is 1. The summed E-state index contributed by atoms with van der Waals surface area (Å²) in [5.74, 6) is 0.169. The van der Waals surface area contributed by atoms with E-state index in [2.05, 4.69) is 19.7 Å². The summed E-state index contributed by atoms with van der Waals surface area (Å²) >= 11 is 0. The van der Waals surface area contributed by atoms with Gasteiger partial charge in [0.1, 0.15) is 36.8 Å². The normalized spacial score (nSPS) is 28.1. The Kier molecular flexibility index (Phi) is 3.52. The van der Waals surface area contributed by atoms with Crippen molar-refractivity contribution in [3.8, 4) is 0 Å². The van der Waals surface area contributed by atoms with Crippen LogP contribution in [0.3, 0.4) is 0 Å². The fourth-order valence-electron chi connectivity index (χ4n) is 2.31. The van der Waals surface area contributed by atoms with Crippen molar-refractivity contribution < 1.29 is 29.6 Å². The first-order chi connectivity index (χ1) is 10.5. The Morgan fingerprint density at radius 1 is 1.36 bits per heavy atom. The molecule has 11 heteroatoms. The third-order valence-electron chi connectivity index (χ3n) is 3.37. The van der Waals surface area contributed by atoms with Gasteiger partial charge in [-0.1, -0.05) is 0 Å². The molecule has 0 saturated carbocycles. The molecular weight excluding hydrogens is 298 g/mol. The molecule has 0 bridgehead atoms. The highest BCUT2D eigenvalue weighted by atomic mass is 16.7. The molecule has 4 atom stereocenters. The summed E-state index contributed by atoms with van der Waals surface area (Å²) in [5, 5.41) is 28.5. The molecule has 2 aromatic heterocycles. The van der Waals surface area contributed by atoms with E-state index in [-0.39, 0.29) is 5.82 Å². The largest absolute Gasteiger partial charge is 0.505 e. The summed E-state index contributed by atoms with van der Waals surface area (Å²) in [4.78, 5) is 22.2. The first-order valence-electron chi connectivity index (χ1n) is 6.29. The number of rotatable bonds is 3. The molecule has 0 spiro atoms. The molecule has 1 aliphatic heterocycles. The van der Waals surface area contributed by atoms with Crippen molar-refractivity contribution in [1.29, 1.82) is 0 Å². The van der Waals surface area contributed by atoms with Gasteiger partial charge >= 0.3 is 6.16 Å². The van der Waals surface area contributed by atoms with Gasteiger partial charge in [0.15, 0.2) is 17.7 Å². The number of anilines is 1. The van der Waals surface area contributed by atoms with Crippen LogP contribution in [0.15, 0.2) is 12.7 Å². The SMILES string of the molecule is Nc1ncnc2c1ncn2[C@@H]1O[C@H](COC(=O)O)C(O)C1O. The van der Waals surface area contributed by atoms with E-state index < -0.39 is 37.3 Å². The lowest BCUT2D eigenvalue weighted by Crippen LogP contribution is -2.34. The number of hydrogen-bond donors (Lipinski definition) is 4. The average Bonchev–Trinajstić information content (AvgIpc) is 3.01. The summed E-state index contributed by atoms with van der Waals surface area (Å²) in [6.07, 6.45) is -3.56. The maximum atomic E-state index is 10.4. The Morgan fingerprint density at radius 3 is 2.86 bits per heavy atom. The van der Waals surface area contributed by atoms with Crippen molar-refractivity contribution in [3.05, 3.63) is 12.7 Å². The molecule has 22 heavy (non-hydrogen) atoms. The topological polar surface area (TPSA) is 166 Å². The number of nitrogens with two attached hydrogens (primary N) is 1. The lowest BCUT2D eigenvalue weighted by molar-refractivity contribution is -0.0579. The molecule has 2 aromatic rings. The third kappa shape index (κ3) is 2.30. The number of aliphatic hydroxyl groups is 2. The van der Waals surface area contributed by atoms with Crippen LogP contribution in [0.4, 0.5) is 10.6 Å². The number of fused-ring (bicyclic) bond motifs is 1. The van der Waals surface area contributed by atoms with E-state index >= 15 is 0 Å². The molecule has 1 saturated heterocycles. The van der Waals surface area contributed by atoms with Crippen LogP contribution in [-0.2, 0) is 9.47 Å². The van der Waals surface area contributed by atoms with Crippen molar-refractivity contribution in [2.75, 3.05) is 12.3 Å². The molecule has 0 aliphatic carbocycles. The highest BCUT2D eigenvalue weighted by molar-refractivity contribution is 5.81. The highest BCUT2D eigenvalue weighted by Crippen LogP contribution is 2.32. The minimum Gasteiger partial charge on any atom is -0.450 e. The molecule has 5 N–H and O–H groups in total. The van der Waals surface area contributed by atoms with E-state index in [1.807, 2.05) is 0 Å². The smallest absolute Gasteiger partial charge is 0.450 e. The maximum absolute atomic E-state index is 10.4. The number of aromatic nitrogens is 4. The summed E-state index contributed by atoms with van der Waals surface area (Å²) in [5.41, 5.74) is 6.33. The summed E-state index contributed by atoms with van der Waals surface area (Å²) < 4.78 is 11.2. The molecule has 0 amide bonds. The zero-order valence-corrected chi connectivity index (χ0v) is 11.1. The molecule has 118 valence electrons. The fourth-order valence-corrected chi connectivity index (χ4v) is 2.31. The van der Waals surface area contributed by atoms with Crippen LogP contribution in [0, 0.1) is 0 Å². The fraction of sp³-hybridized carbons (Fsp3) is 0.455. The van der Waals surface area contributed by atoms with Gasteiger partial charge < -0.3 is 30.5 Å². The van der Waals surface area contributed by atoms with Crippen LogP contribution in [-0.4, -0.2) is 65.9 Å². The Hall–Kier alpha value is -2.50. The van der Waals surface area contributed by atoms with Gasteiger partial charge in [-0.05, 0) is 0 Å².